The van der Waals surface area contributed by atoms with Crippen LogP contribution in [0.1, 0.15) is 36.4 Å². The smallest absolute Gasteiger partial charge is 0.475 e. The Kier molecular flexibility index (Phi) is 8.01. The predicted molar refractivity (Wildman–Crippen MR) is 116 cm³/mol. The fraction of sp³-hybridized carbons (Fsp3) is 0.391. The molecule has 1 aromatic heterocycles. The van der Waals surface area contributed by atoms with Gasteiger partial charge in [-0.2, -0.15) is 25.8 Å². The lowest BCUT2D eigenvalue weighted by atomic mass is 9.93. The van der Waals surface area contributed by atoms with Crippen molar-refractivity contribution in [2.24, 2.45) is 5.92 Å². The molecule has 0 amide bonds. The Bertz CT molecular complexity index is 1000. The minimum absolute atomic E-state index is 0.0784. The van der Waals surface area contributed by atoms with Crippen molar-refractivity contribution in [3.8, 4) is 0 Å². The summed E-state index contributed by atoms with van der Waals surface area (Å²) in [7, 11) is 0. The number of carbonyl (C=O) groups excluding carboxylic acids is 1. The van der Waals surface area contributed by atoms with E-state index in [-0.39, 0.29) is 22.8 Å². The highest BCUT2D eigenvalue weighted by Gasteiger charge is 2.41. The fourth-order valence-electron chi connectivity index (χ4n) is 3.64. The van der Waals surface area contributed by atoms with Gasteiger partial charge in [0.2, 0.25) is 0 Å². The number of benzene rings is 1. The maximum Gasteiger partial charge on any atom is 0.490 e. The third kappa shape index (κ3) is 6.70. The number of hydrogen-bond acceptors (Lipinski definition) is 5. The second kappa shape index (κ2) is 10.6. The van der Waals surface area contributed by atoms with Gasteiger partial charge >= 0.3 is 12.1 Å². The Balaban J connectivity index is 0.000000383. The largest absolute Gasteiger partial charge is 0.490 e. The quantitative estimate of drug-likeness (QED) is 0.452. The van der Waals surface area contributed by atoms with E-state index in [1.165, 1.54) is 6.07 Å². The van der Waals surface area contributed by atoms with Crippen LogP contribution in [-0.2, 0) is 9.59 Å². The van der Waals surface area contributed by atoms with Gasteiger partial charge in [0.1, 0.15) is 5.82 Å². The molecule has 10 heteroatoms. The van der Waals surface area contributed by atoms with Crippen molar-refractivity contribution in [3.63, 3.8) is 0 Å². The molecule has 1 saturated carbocycles. The van der Waals surface area contributed by atoms with Crippen LogP contribution in [0.15, 0.2) is 52.8 Å². The van der Waals surface area contributed by atoms with Gasteiger partial charge < -0.3 is 9.52 Å². The van der Waals surface area contributed by atoms with E-state index in [1.54, 1.807) is 30.7 Å². The van der Waals surface area contributed by atoms with Crippen LogP contribution in [0.25, 0.3) is 6.08 Å². The number of nitrogens with zero attached hydrogens (tertiary/aromatic N) is 1. The van der Waals surface area contributed by atoms with Crippen molar-refractivity contribution >= 4 is 30.5 Å². The summed E-state index contributed by atoms with van der Waals surface area (Å²) >= 11 is 4.70. The molecule has 1 N–H and O–H groups in total. The predicted octanol–water partition coefficient (Wildman–Crippen LogP) is 5.16. The molecule has 2 atom stereocenters. The number of carboxylic acids is 1. The molecule has 2 unspecified atom stereocenters. The van der Waals surface area contributed by atoms with Crippen LogP contribution in [0.4, 0.5) is 17.6 Å². The third-order valence-electron chi connectivity index (χ3n) is 5.46. The van der Waals surface area contributed by atoms with E-state index in [1.807, 2.05) is 6.07 Å². The van der Waals surface area contributed by atoms with Crippen LogP contribution in [0.5, 0.6) is 0 Å². The van der Waals surface area contributed by atoms with Gasteiger partial charge in [-0.25, -0.2) is 9.18 Å². The van der Waals surface area contributed by atoms with E-state index in [9.17, 15) is 22.4 Å². The highest BCUT2D eigenvalue weighted by atomic mass is 32.1. The average Bonchev–Trinajstić information content (AvgIpc) is 3.48. The summed E-state index contributed by atoms with van der Waals surface area (Å²) < 4.78 is 51.4. The van der Waals surface area contributed by atoms with Gasteiger partial charge in [0, 0.05) is 35.4 Å². The first-order valence-electron chi connectivity index (χ1n) is 10.3. The van der Waals surface area contributed by atoms with Crippen LogP contribution in [0.3, 0.4) is 0 Å². The lowest BCUT2D eigenvalue weighted by Crippen LogP contribution is -2.42. The molecule has 1 aliphatic heterocycles. The molecule has 2 heterocycles. The van der Waals surface area contributed by atoms with Gasteiger partial charge in [-0.05, 0) is 37.0 Å². The number of rotatable bonds is 5. The lowest BCUT2D eigenvalue weighted by Gasteiger charge is -2.37. The van der Waals surface area contributed by atoms with Crippen LogP contribution in [-0.4, -0.2) is 46.3 Å². The standard InChI is InChI=1S/C21H22FNO2S.C2HF3O2/c22-18-4-2-1-3-17(18)20(21(24)15-5-6-15)23-9-7-19(26)16(12-23)11-14-8-10-25-13-14;3-2(4,5)1(6)7/h1-4,8,10-11,13,15,19-20,26H,5-7,9,12H2;(H,6,7)/b16-11+;. The van der Waals surface area contributed by atoms with E-state index in [0.717, 1.165) is 36.9 Å². The molecule has 0 spiro atoms. The Morgan fingerprint density at radius 3 is 2.39 bits per heavy atom. The average molecular weight is 485 g/mol. The first-order chi connectivity index (χ1) is 15.6. The van der Waals surface area contributed by atoms with Crippen molar-refractivity contribution in [1.82, 2.24) is 4.90 Å². The van der Waals surface area contributed by atoms with Gasteiger partial charge in [-0.3, -0.25) is 9.69 Å². The number of aliphatic carboxylic acids is 1. The second-order valence-corrected chi connectivity index (χ2v) is 8.58. The molecule has 1 aliphatic carbocycles. The number of halogens is 4. The summed E-state index contributed by atoms with van der Waals surface area (Å²) in [4.78, 5) is 24.0. The minimum Gasteiger partial charge on any atom is -0.475 e. The van der Waals surface area contributed by atoms with Crippen LogP contribution in [0.2, 0.25) is 0 Å². The molecule has 4 rings (SSSR count). The SMILES string of the molecule is O=C(C1CC1)C(c1ccccc1F)N1CCC(S)/C(=C/c2ccoc2)C1.O=C(O)C(F)(F)F. The molecule has 2 fully saturated rings. The van der Waals surface area contributed by atoms with E-state index in [2.05, 4.69) is 11.0 Å². The number of likely N-dealkylation sites (tertiary alicyclic amines) is 1. The van der Waals surface area contributed by atoms with Crippen molar-refractivity contribution in [3.05, 3.63) is 65.4 Å². The number of ketones is 1. The summed E-state index contributed by atoms with van der Waals surface area (Å²) in [5, 5.41) is 7.26. The summed E-state index contributed by atoms with van der Waals surface area (Å²) in [6.45, 7) is 1.34. The summed E-state index contributed by atoms with van der Waals surface area (Å²) in [5.41, 5.74) is 2.60. The first kappa shape index (κ1) is 25.0. The second-order valence-electron chi connectivity index (χ2n) is 7.95. The molecule has 1 aromatic carbocycles. The molecule has 33 heavy (non-hydrogen) atoms. The first-order valence-corrected chi connectivity index (χ1v) is 10.8. The van der Waals surface area contributed by atoms with Gasteiger partial charge in [-0.1, -0.05) is 24.3 Å². The van der Waals surface area contributed by atoms with Gasteiger partial charge in [0.15, 0.2) is 5.78 Å². The lowest BCUT2D eigenvalue weighted by molar-refractivity contribution is -0.192. The van der Waals surface area contributed by atoms with Crippen LogP contribution < -0.4 is 0 Å². The molecule has 0 radical (unpaired) electrons. The van der Waals surface area contributed by atoms with Gasteiger partial charge in [0.25, 0.3) is 0 Å². The highest BCUT2D eigenvalue weighted by molar-refractivity contribution is 7.81. The van der Waals surface area contributed by atoms with Gasteiger partial charge in [-0.15, -0.1) is 0 Å². The van der Waals surface area contributed by atoms with Crippen molar-refractivity contribution < 1.29 is 36.7 Å². The fourth-order valence-corrected chi connectivity index (χ4v) is 3.92. The molecular formula is C23H23F4NO4S. The molecule has 5 nitrogen and oxygen atoms in total. The van der Waals surface area contributed by atoms with Crippen molar-refractivity contribution in [1.29, 1.82) is 0 Å². The zero-order valence-electron chi connectivity index (χ0n) is 17.5. The summed E-state index contributed by atoms with van der Waals surface area (Å²) in [6.07, 6.45) is 2.98. The van der Waals surface area contributed by atoms with Crippen LogP contribution in [0, 0.1) is 11.7 Å². The number of hydrogen-bond donors (Lipinski definition) is 2. The Labute approximate surface area is 193 Å². The Morgan fingerprint density at radius 1 is 1.18 bits per heavy atom. The summed E-state index contributed by atoms with van der Waals surface area (Å²) in [6, 6.07) is 8.04. The Morgan fingerprint density at radius 2 is 1.85 bits per heavy atom. The minimum atomic E-state index is -5.08. The number of piperidine rings is 1. The van der Waals surface area contributed by atoms with Crippen molar-refractivity contribution in [2.75, 3.05) is 13.1 Å². The topological polar surface area (TPSA) is 70.8 Å². The summed E-state index contributed by atoms with van der Waals surface area (Å²) in [5.74, 6) is -2.84. The molecule has 0 bridgehead atoms. The molecule has 2 aromatic rings. The number of alkyl halides is 3. The molecule has 2 aliphatic rings. The van der Waals surface area contributed by atoms with E-state index < -0.39 is 18.2 Å². The number of carbonyl (C=O) groups is 2. The maximum absolute atomic E-state index is 14.5. The zero-order chi connectivity index (χ0) is 24.2. The Hall–Kier alpha value is -2.59. The van der Waals surface area contributed by atoms with E-state index >= 15 is 0 Å². The van der Waals surface area contributed by atoms with E-state index in [0.29, 0.717) is 12.1 Å². The highest BCUT2D eigenvalue weighted by Crippen LogP contribution is 2.39. The zero-order valence-corrected chi connectivity index (χ0v) is 18.4. The van der Waals surface area contributed by atoms with E-state index in [4.69, 9.17) is 26.9 Å². The molecule has 1 saturated heterocycles. The normalized spacial score (nSPS) is 21.2. The number of thiol groups is 1. The number of carboxylic acid groups (broad SMARTS) is 1. The van der Waals surface area contributed by atoms with Crippen LogP contribution >= 0.6 is 12.6 Å². The maximum atomic E-state index is 14.5. The number of Topliss-reactive ketones (excluding diaryl/α,β-unsaturated/α-hetero) is 1. The third-order valence-corrected chi connectivity index (χ3v) is 6.05. The number of furan rings is 1. The molecular weight excluding hydrogens is 462 g/mol. The monoisotopic (exact) mass is 485 g/mol. The van der Waals surface area contributed by atoms with Gasteiger partial charge in [0.05, 0.1) is 18.6 Å². The molecule has 178 valence electrons. The van der Waals surface area contributed by atoms with Crippen molar-refractivity contribution in [2.45, 2.75) is 36.7 Å².